The van der Waals surface area contributed by atoms with Crippen LogP contribution >= 0.6 is 0 Å². The first-order valence-electron chi connectivity index (χ1n) is 10.0. The van der Waals surface area contributed by atoms with E-state index in [1.807, 2.05) is 0 Å². The molecule has 33 heavy (non-hydrogen) atoms. The number of amides is 5. The van der Waals surface area contributed by atoms with E-state index in [0.717, 1.165) is 23.3 Å². The van der Waals surface area contributed by atoms with Gasteiger partial charge in [-0.3, -0.25) is 14.9 Å². The maximum absolute atomic E-state index is 13.2. The Bertz CT molecular complexity index is 1150. The Morgan fingerprint density at radius 2 is 1.79 bits per heavy atom. The largest absolute Gasteiger partial charge is 0.445 e. The third-order valence-corrected chi connectivity index (χ3v) is 5.73. The third kappa shape index (κ3) is 4.47. The molecule has 11 heteroatoms. The van der Waals surface area contributed by atoms with E-state index in [9.17, 15) is 28.0 Å². The highest BCUT2D eigenvalue weighted by atomic mass is 19.1. The average Bonchev–Trinajstić information content (AvgIpc) is 3.23. The summed E-state index contributed by atoms with van der Waals surface area (Å²) in [5.41, 5.74) is 1.37. The van der Waals surface area contributed by atoms with Gasteiger partial charge in [0.05, 0.1) is 0 Å². The number of likely N-dealkylation sites (N-methyl/N-ethyl adjacent to an activating group) is 1. The molecule has 1 fully saturated rings. The number of benzene rings is 2. The number of carbonyl (C=O) groups is 4. The molecule has 0 aromatic heterocycles. The van der Waals surface area contributed by atoms with Gasteiger partial charge in [0.25, 0.3) is 5.91 Å². The predicted octanol–water partition coefficient (Wildman–Crippen LogP) is 1.85. The molecule has 1 heterocycles. The smallest absolute Gasteiger partial charge is 0.407 e. The molecule has 5 amide bonds. The second-order valence-electron chi connectivity index (χ2n) is 7.94. The molecule has 1 spiro atoms. The van der Waals surface area contributed by atoms with Gasteiger partial charge in [0.15, 0.2) is 0 Å². The van der Waals surface area contributed by atoms with Crippen molar-refractivity contribution in [3.8, 4) is 0 Å². The Kier molecular flexibility index (Phi) is 5.71. The fourth-order valence-electron chi connectivity index (χ4n) is 4.03. The zero-order valence-electron chi connectivity index (χ0n) is 17.5. The van der Waals surface area contributed by atoms with E-state index in [-0.39, 0.29) is 18.1 Å². The van der Waals surface area contributed by atoms with Crippen molar-refractivity contribution in [2.24, 2.45) is 0 Å². The number of anilines is 1. The number of halogens is 2. The lowest BCUT2D eigenvalue weighted by atomic mass is 9.95. The number of nitrogens with one attached hydrogen (secondary N) is 3. The van der Waals surface area contributed by atoms with Gasteiger partial charge in [0, 0.05) is 31.6 Å². The molecule has 0 bridgehead atoms. The molecule has 1 aliphatic heterocycles. The molecule has 2 aromatic carbocycles. The van der Waals surface area contributed by atoms with E-state index < -0.39 is 41.7 Å². The van der Waals surface area contributed by atoms with Crippen LogP contribution in [0.2, 0.25) is 0 Å². The van der Waals surface area contributed by atoms with Gasteiger partial charge in [0.2, 0.25) is 5.91 Å². The first-order chi connectivity index (χ1) is 15.7. The molecule has 1 aliphatic carbocycles. The Balaban J connectivity index is 1.29. The molecule has 1 saturated heterocycles. The number of hydrogen-bond donors (Lipinski definition) is 3. The second-order valence-corrected chi connectivity index (χ2v) is 7.94. The average molecular weight is 458 g/mol. The van der Waals surface area contributed by atoms with Crippen LogP contribution in [0.1, 0.15) is 16.7 Å². The SMILES string of the molecule is CN1C(=O)NC(=O)[C@@]12Cc1ccc(NC(=O)CNC(=O)OCc3cc(F)cc(F)c3)cc1C2. The van der Waals surface area contributed by atoms with Gasteiger partial charge in [-0.15, -0.1) is 0 Å². The fraction of sp³-hybridized carbons (Fsp3) is 0.273. The zero-order chi connectivity index (χ0) is 23.8. The molecule has 172 valence electrons. The molecule has 2 aromatic rings. The van der Waals surface area contributed by atoms with Gasteiger partial charge >= 0.3 is 12.1 Å². The molecule has 4 rings (SSSR count). The van der Waals surface area contributed by atoms with E-state index in [0.29, 0.717) is 24.6 Å². The standard InChI is InChI=1S/C22H20F2N4O5/c1-28-20(31)27-19(30)22(28)8-13-2-3-17(6-14(13)9-22)26-18(29)10-25-21(32)33-11-12-4-15(23)7-16(24)5-12/h2-7H,8-11H2,1H3,(H,25,32)(H,26,29)(H,27,30,31)/t22-/m0/s1. The Morgan fingerprint density at radius 1 is 1.09 bits per heavy atom. The summed E-state index contributed by atoms with van der Waals surface area (Å²) >= 11 is 0. The van der Waals surface area contributed by atoms with Crippen LogP contribution in [-0.4, -0.2) is 48.0 Å². The summed E-state index contributed by atoms with van der Waals surface area (Å²) in [5, 5.41) is 7.21. The van der Waals surface area contributed by atoms with Gasteiger partial charge in [-0.25, -0.2) is 18.4 Å². The Hall–Kier alpha value is -4.02. The predicted molar refractivity (Wildman–Crippen MR) is 111 cm³/mol. The molecule has 0 unspecified atom stereocenters. The van der Waals surface area contributed by atoms with Gasteiger partial charge < -0.3 is 20.3 Å². The van der Waals surface area contributed by atoms with Crippen LogP contribution in [0.15, 0.2) is 36.4 Å². The van der Waals surface area contributed by atoms with Gasteiger partial charge in [0.1, 0.15) is 30.3 Å². The van der Waals surface area contributed by atoms with E-state index in [4.69, 9.17) is 4.74 Å². The Morgan fingerprint density at radius 3 is 2.45 bits per heavy atom. The van der Waals surface area contributed by atoms with Crippen LogP contribution in [0.5, 0.6) is 0 Å². The summed E-state index contributed by atoms with van der Waals surface area (Å²) in [5.74, 6) is -2.45. The summed E-state index contributed by atoms with van der Waals surface area (Å²) < 4.78 is 31.2. The van der Waals surface area contributed by atoms with Crippen molar-refractivity contribution in [1.29, 1.82) is 0 Å². The number of urea groups is 1. The maximum atomic E-state index is 13.2. The topological polar surface area (TPSA) is 117 Å². The maximum Gasteiger partial charge on any atom is 0.407 e. The number of ether oxygens (including phenoxy) is 1. The number of alkyl carbamates (subject to hydrolysis) is 1. The quantitative estimate of drug-likeness (QED) is 0.592. The van der Waals surface area contributed by atoms with Crippen molar-refractivity contribution >= 4 is 29.6 Å². The molecule has 0 radical (unpaired) electrons. The number of fused-ring (bicyclic) bond motifs is 1. The molecule has 1 atom stereocenters. The normalized spacial score (nSPS) is 18.8. The van der Waals surface area contributed by atoms with E-state index >= 15 is 0 Å². The fourth-order valence-corrected chi connectivity index (χ4v) is 4.03. The highest BCUT2D eigenvalue weighted by molar-refractivity contribution is 6.07. The van der Waals surface area contributed by atoms with Crippen LogP contribution in [0.25, 0.3) is 0 Å². The van der Waals surface area contributed by atoms with Crippen molar-refractivity contribution in [3.63, 3.8) is 0 Å². The molecular weight excluding hydrogens is 438 g/mol. The summed E-state index contributed by atoms with van der Waals surface area (Å²) in [6.45, 7) is -0.754. The minimum absolute atomic E-state index is 0.131. The highest BCUT2D eigenvalue weighted by Gasteiger charge is 2.54. The van der Waals surface area contributed by atoms with Crippen LogP contribution < -0.4 is 16.0 Å². The lowest BCUT2D eigenvalue weighted by molar-refractivity contribution is -0.125. The summed E-state index contributed by atoms with van der Waals surface area (Å²) in [6.07, 6.45) is -0.218. The summed E-state index contributed by atoms with van der Waals surface area (Å²) in [6, 6.07) is 7.50. The van der Waals surface area contributed by atoms with Crippen LogP contribution in [-0.2, 0) is 33.8 Å². The number of nitrogens with zero attached hydrogens (tertiary/aromatic N) is 1. The minimum atomic E-state index is -0.960. The third-order valence-electron chi connectivity index (χ3n) is 5.73. The highest BCUT2D eigenvalue weighted by Crippen LogP contribution is 2.38. The number of hydrogen-bond acceptors (Lipinski definition) is 5. The van der Waals surface area contributed by atoms with E-state index in [1.165, 1.54) is 4.90 Å². The zero-order valence-corrected chi connectivity index (χ0v) is 17.5. The molecule has 0 saturated carbocycles. The second kappa shape index (κ2) is 8.49. The van der Waals surface area contributed by atoms with Crippen molar-refractivity contribution in [1.82, 2.24) is 15.5 Å². The first kappa shape index (κ1) is 22.2. The molecule has 3 N–H and O–H groups in total. The van der Waals surface area contributed by atoms with E-state index in [2.05, 4.69) is 16.0 Å². The van der Waals surface area contributed by atoms with Gasteiger partial charge in [-0.05, 0) is 41.0 Å². The van der Waals surface area contributed by atoms with Crippen molar-refractivity contribution in [2.45, 2.75) is 25.0 Å². The minimum Gasteiger partial charge on any atom is -0.445 e. The lowest BCUT2D eigenvalue weighted by Gasteiger charge is -2.27. The molecule has 2 aliphatic rings. The first-order valence-corrected chi connectivity index (χ1v) is 10.0. The van der Waals surface area contributed by atoms with Crippen molar-refractivity contribution in [3.05, 3.63) is 64.7 Å². The van der Waals surface area contributed by atoms with Gasteiger partial charge in [-0.2, -0.15) is 0 Å². The number of imide groups is 1. The lowest BCUT2D eigenvalue weighted by Crippen LogP contribution is -2.48. The summed E-state index contributed by atoms with van der Waals surface area (Å²) in [7, 11) is 1.57. The van der Waals surface area contributed by atoms with Crippen LogP contribution in [0.4, 0.5) is 24.1 Å². The summed E-state index contributed by atoms with van der Waals surface area (Å²) in [4.78, 5) is 49.5. The monoisotopic (exact) mass is 458 g/mol. The van der Waals surface area contributed by atoms with Crippen molar-refractivity contribution < 1.29 is 32.7 Å². The van der Waals surface area contributed by atoms with Crippen molar-refractivity contribution in [2.75, 3.05) is 18.9 Å². The molecule has 9 nitrogen and oxygen atoms in total. The number of carbonyl (C=O) groups excluding carboxylic acids is 4. The van der Waals surface area contributed by atoms with Crippen LogP contribution in [0.3, 0.4) is 0 Å². The van der Waals surface area contributed by atoms with Gasteiger partial charge in [-0.1, -0.05) is 6.07 Å². The number of rotatable bonds is 5. The Labute approximate surface area is 187 Å². The van der Waals surface area contributed by atoms with Crippen LogP contribution in [0, 0.1) is 11.6 Å². The van der Waals surface area contributed by atoms with E-state index in [1.54, 1.807) is 25.2 Å². The molecular formula is C22H20F2N4O5.